The summed E-state index contributed by atoms with van der Waals surface area (Å²) in [7, 11) is 0. The molecule has 0 aliphatic heterocycles. The molecular formula is C46H32N4S. The van der Waals surface area contributed by atoms with Crippen LogP contribution in [0.1, 0.15) is 16.7 Å². The zero-order valence-electron chi connectivity index (χ0n) is 27.8. The van der Waals surface area contributed by atoms with Crippen LogP contribution in [-0.4, -0.2) is 23.0 Å². The first kappa shape index (κ1) is 30.6. The molecule has 0 atom stereocenters. The van der Waals surface area contributed by atoms with Crippen LogP contribution in [0.15, 0.2) is 185 Å². The molecule has 5 heteroatoms. The quantitative estimate of drug-likeness (QED) is 0.125. The standard InChI is InChI=1S/C46H32N4S/c1-47-45(49-46(32-16-6-3-7-17-32)48-30-31-14-4-2-5-15-31)34-18-12-19-35(28-34)50-41-24-10-8-20-37(41)40-29-33(26-27-42(40)50)36-22-13-23-39-38-21-9-11-25-43(38)51-44(36)39/h2-29H,1,30H2/b48-46-,49-45-. The second kappa shape index (κ2) is 13.1. The van der Waals surface area contributed by atoms with E-state index < -0.39 is 0 Å². The summed E-state index contributed by atoms with van der Waals surface area (Å²) < 4.78 is 4.97. The number of hydrogen-bond acceptors (Lipinski definition) is 2. The van der Waals surface area contributed by atoms with Crippen LogP contribution in [0.4, 0.5) is 0 Å². The number of amidine groups is 2. The molecule has 7 aromatic carbocycles. The number of benzene rings is 7. The summed E-state index contributed by atoms with van der Waals surface area (Å²) in [6.45, 7) is 4.44. The lowest BCUT2D eigenvalue weighted by Crippen LogP contribution is -2.06. The zero-order valence-corrected chi connectivity index (χ0v) is 28.6. The molecule has 0 radical (unpaired) electrons. The van der Waals surface area contributed by atoms with Crippen LogP contribution < -0.4 is 0 Å². The van der Waals surface area contributed by atoms with Gasteiger partial charge in [0, 0.05) is 47.8 Å². The Morgan fingerprint density at radius 2 is 1.24 bits per heavy atom. The van der Waals surface area contributed by atoms with Crippen molar-refractivity contribution in [3.05, 3.63) is 187 Å². The van der Waals surface area contributed by atoms with E-state index in [9.17, 15) is 0 Å². The van der Waals surface area contributed by atoms with Crippen LogP contribution in [0.25, 0.3) is 58.8 Å². The summed E-state index contributed by atoms with van der Waals surface area (Å²) in [6, 6.07) is 59.5. The van der Waals surface area contributed by atoms with Crippen molar-refractivity contribution in [2.24, 2.45) is 15.0 Å². The highest BCUT2D eigenvalue weighted by Gasteiger charge is 2.16. The number of rotatable bonds is 6. The molecular weight excluding hydrogens is 641 g/mol. The Hall–Kier alpha value is -6.43. The van der Waals surface area contributed by atoms with Crippen molar-refractivity contribution in [3.63, 3.8) is 0 Å². The molecule has 0 aliphatic carbocycles. The predicted molar refractivity (Wildman–Crippen MR) is 218 cm³/mol. The fourth-order valence-electron chi connectivity index (χ4n) is 7.00. The molecule has 2 heterocycles. The van der Waals surface area contributed by atoms with Gasteiger partial charge in [-0.1, -0.05) is 133 Å². The minimum absolute atomic E-state index is 0.514. The van der Waals surface area contributed by atoms with Crippen LogP contribution in [0.2, 0.25) is 0 Å². The maximum Gasteiger partial charge on any atom is 0.161 e. The molecule has 0 amide bonds. The highest BCUT2D eigenvalue weighted by molar-refractivity contribution is 7.26. The molecule has 242 valence electrons. The second-order valence-electron chi connectivity index (χ2n) is 12.5. The molecule has 0 saturated carbocycles. The van der Waals surface area contributed by atoms with Crippen molar-refractivity contribution < 1.29 is 0 Å². The molecule has 0 N–H and O–H groups in total. The molecule has 51 heavy (non-hydrogen) atoms. The number of aliphatic imine (C=N–C) groups is 3. The van der Waals surface area contributed by atoms with E-state index in [1.165, 1.54) is 42.1 Å². The molecule has 0 spiro atoms. The number of aromatic nitrogens is 1. The van der Waals surface area contributed by atoms with Gasteiger partial charge in [-0.25, -0.2) is 9.98 Å². The van der Waals surface area contributed by atoms with E-state index in [1.807, 2.05) is 65.9 Å². The van der Waals surface area contributed by atoms with E-state index in [2.05, 4.69) is 132 Å². The minimum Gasteiger partial charge on any atom is -0.309 e. The average molecular weight is 673 g/mol. The Kier molecular flexibility index (Phi) is 7.88. The van der Waals surface area contributed by atoms with Crippen molar-refractivity contribution >= 4 is 71.7 Å². The van der Waals surface area contributed by atoms with Crippen LogP contribution in [0.3, 0.4) is 0 Å². The summed E-state index contributed by atoms with van der Waals surface area (Å²) in [6.07, 6.45) is 0. The summed E-state index contributed by atoms with van der Waals surface area (Å²) in [5.41, 5.74) is 8.69. The topological polar surface area (TPSA) is 42.0 Å². The van der Waals surface area contributed by atoms with Crippen molar-refractivity contribution in [1.29, 1.82) is 0 Å². The number of hydrogen-bond donors (Lipinski definition) is 0. The molecule has 0 bridgehead atoms. The maximum absolute atomic E-state index is 5.01. The van der Waals surface area contributed by atoms with Gasteiger partial charge in [0.25, 0.3) is 0 Å². The Balaban J connectivity index is 1.16. The van der Waals surface area contributed by atoms with Gasteiger partial charge in [-0.3, -0.25) is 4.99 Å². The third-order valence-corrected chi connectivity index (χ3v) is 10.6. The molecule has 0 aliphatic rings. The largest absolute Gasteiger partial charge is 0.309 e. The molecule has 9 rings (SSSR count). The number of para-hydroxylation sites is 1. The van der Waals surface area contributed by atoms with Gasteiger partial charge < -0.3 is 4.57 Å². The molecule has 0 unspecified atom stereocenters. The van der Waals surface area contributed by atoms with Crippen molar-refractivity contribution in [1.82, 2.24) is 4.57 Å². The van der Waals surface area contributed by atoms with Gasteiger partial charge in [0.1, 0.15) is 0 Å². The van der Waals surface area contributed by atoms with Gasteiger partial charge >= 0.3 is 0 Å². The average Bonchev–Trinajstić information content (AvgIpc) is 3.74. The van der Waals surface area contributed by atoms with Crippen molar-refractivity contribution in [2.75, 3.05) is 0 Å². The Bertz CT molecular complexity index is 2790. The Morgan fingerprint density at radius 3 is 2.08 bits per heavy atom. The first-order valence-electron chi connectivity index (χ1n) is 17.0. The van der Waals surface area contributed by atoms with Crippen molar-refractivity contribution in [3.8, 4) is 16.8 Å². The number of nitrogens with zero attached hydrogens (tertiary/aromatic N) is 4. The lowest BCUT2D eigenvalue weighted by Gasteiger charge is -2.11. The van der Waals surface area contributed by atoms with Gasteiger partial charge in [-0.2, -0.15) is 0 Å². The van der Waals surface area contributed by atoms with Gasteiger partial charge in [0.05, 0.1) is 17.6 Å². The minimum atomic E-state index is 0.514. The molecule has 9 aromatic rings. The first-order chi connectivity index (χ1) is 25.2. The highest BCUT2D eigenvalue weighted by atomic mass is 32.1. The normalized spacial score (nSPS) is 12.3. The SMILES string of the molecule is C=N/C(=N\C(=N/Cc1ccccc1)c1ccccc1)c1cccc(-n2c3ccccc3c3cc(-c4cccc5c4sc4ccccc45)ccc32)c1. The van der Waals surface area contributed by atoms with Gasteiger partial charge in [-0.15, -0.1) is 11.3 Å². The Labute approximate surface area is 300 Å². The van der Waals surface area contributed by atoms with Crippen LogP contribution in [0.5, 0.6) is 0 Å². The van der Waals surface area contributed by atoms with E-state index in [0.29, 0.717) is 18.2 Å². The second-order valence-corrected chi connectivity index (χ2v) is 13.6. The highest BCUT2D eigenvalue weighted by Crippen LogP contribution is 2.41. The Morgan fingerprint density at radius 1 is 0.549 bits per heavy atom. The monoisotopic (exact) mass is 672 g/mol. The van der Waals surface area contributed by atoms with Crippen molar-refractivity contribution in [2.45, 2.75) is 6.54 Å². The third-order valence-electron chi connectivity index (χ3n) is 9.40. The van der Waals surface area contributed by atoms with E-state index in [-0.39, 0.29) is 0 Å². The van der Waals surface area contributed by atoms with Gasteiger partial charge in [-0.05, 0) is 59.8 Å². The molecule has 4 nitrogen and oxygen atoms in total. The smallest absolute Gasteiger partial charge is 0.161 e. The third kappa shape index (κ3) is 5.64. The summed E-state index contributed by atoms with van der Waals surface area (Å²) in [5, 5.41) is 5.04. The first-order valence-corrected chi connectivity index (χ1v) is 17.8. The maximum atomic E-state index is 5.01. The summed E-state index contributed by atoms with van der Waals surface area (Å²) in [5.74, 6) is 1.14. The van der Waals surface area contributed by atoms with E-state index in [1.54, 1.807) is 0 Å². The van der Waals surface area contributed by atoms with Crippen LogP contribution in [-0.2, 0) is 6.54 Å². The van der Waals surface area contributed by atoms with E-state index in [4.69, 9.17) is 9.98 Å². The van der Waals surface area contributed by atoms with E-state index >= 15 is 0 Å². The van der Waals surface area contributed by atoms with Crippen LogP contribution in [0, 0.1) is 0 Å². The van der Waals surface area contributed by atoms with E-state index in [0.717, 1.165) is 33.4 Å². The lowest BCUT2D eigenvalue weighted by molar-refractivity contribution is 1.06. The predicted octanol–water partition coefficient (Wildman–Crippen LogP) is 11.9. The summed E-state index contributed by atoms with van der Waals surface area (Å²) >= 11 is 1.87. The fraction of sp³-hybridized carbons (Fsp3) is 0.0217. The number of fused-ring (bicyclic) bond motifs is 6. The molecule has 2 aromatic heterocycles. The zero-order chi connectivity index (χ0) is 34.1. The van der Waals surface area contributed by atoms with Gasteiger partial charge in [0.2, 0.25) is 0 Å². The molecule has 0 saturated heterocycles. The molecule has 0 fully saturated rings. The van der Waals surface area contributed by atoms with Crippen LogP contribution >= 0.6 is 11.3 Å². The summed E-state index contributed by atoms with van der Waals surface area (Å²) in [4.78, 5) is 14.4. The lowest BCUT2D eigenvalue weighted by atomic mass is 10.0. The fourth-order valence-corrected chi connectivity index (χ4v) is 8.23. The number of thiophene rings is 1. The van der Waals surface area contributed by atoms with Gasteiger partial charge in [0.15, 0.2) is 11.7 Å².